The van der Waals surface area contributed by atoms with Gasteiger partial charge in [-0.3, -0.25) is 9.48 Å². The lowest BCUT2D eigenvalue weighted by atomic mass is 10.1. The third-order valence-corrected chi connectivity index (χ3v) is 3.78. The fraction of sp³-hybridized carbons (Fsp3) is 0.353. The van der Waals surface area contributed by atoms with E-state index in [1.54, 1.807) is 19.3 Å². The quantitative estimate of drug-likeness (QED) is 0.728. The van der Waals surface area contributed by atoms with Crippen LogP contribution in [-0.4, -0.2) is 36.0 Å². The molecule has 0 aliphatic rings. The monoisotopic (exact) mass is 381 g/mol. The predicted molar refractivity (Wildman–Crippen MR) is 91.9 cm³/mol. The molecule has 0 aliphatic heterocycles. The molecule has 3 aromatic heterocycles. The lowest BCUT2D eigenvalue weighted by Crippen LogP contribution is -2.27. The number of rotatable bonds is 4. The highest BCUT2D eigenvalue weighted by atomic mass is 19.4. The summed E-state index contributed by atoms with van der Waals surface area (Å²) in [7, 11) is 1.67. The van der Waals surface area contributed by atoms with Crippen molar-refractivity contribution in [2.45, 2.75) is 32.0 Å². The smallest absolute Gasteiger partial charge is 0.390 e. The van der Waals surface area contributed by atoms with E-state index in [4.69, 9.17) is 0 Å². The van der Waals surface area contributed by atoms with Gasteiger partial charge in [-0.25, -0.2) is 4.52 Å². The van der Waals surface area contributed by atoms with Crippen molar-refractivity contribution in [1.82, 2.24) is 19.4 Å². The minimum atomic E-state index is -4.52. The van der Waals surface area contributed by atoms with Gasteiger partial charge in [0.2, 0.25) is 5.91 Å². The fourth-order valence-electron chi connectivity index (χ4n) is 2.68. The largest absolute Gasteiger partial charge is 0.416 e. The Hall–Kier alpha value is -2.88. The zero-order valence-electron chi connectivity index (χ0n) is 14.9. The topological polar surface area (TPSA) is 84.5 Å². The van der Waals surface area contributed by atoms with Crippen molar-refractivity contribution < 1.29 is 23.1 Å². The molecular weight excluding hydrogens is 363 g/mol. The molecular formula is C17H18F3N5O2. The van der Waals surface area contributed by atoms with Crippen molar-refractivity contribution in [2.75, 3.05) is 5.32 Å². The number of fused-ring (bicyclic) bond motifs is 1. The van der Waals surface area contributed by atoms with E-state index in [1.807, 2.05) is 0 Å². The fourth-order valence-corrected chi connectivity index (χ4v) is 2.68. The first-order chi connectivity index (χ1) is 12.4. The zero-order chi connectivity index (χ0) is 20.0. The molecule has 0 saturated carbocycles. The van der Waals surface area contributed by atoms with E-state index in [2.05, 4.69) is 15.5 Å². The number of alkyl halides is 3. The number of carbonyl (C=O) groups excluding carboxylic acids is 1. The first-order valence-corrected chi connectivity index (χ1v) is 8.06. The maximum absolute atomic E-state index is 13.1. The van der Waals surface area contributed by atoms with E-state index < -0.39 is 23.2 Å². The molecule has 0 radical (unpaired) electrons. The Labute approximate surface area is 152 Å². The number of aliphatic hydroxyl groups is 1. The summed E-state index contributed by atoms with van der Waals surface area (Å²) >= 11 is 0. The maximum Gasteiger partial charge on any atom is 0.416 e. The lowest BCUT2D eigenvalue weighted by Gasteiger charge is -2.15. The maximum atomic E-state index is 13.1. The molecule has 1 amide bonds. The Kier molecular flexibility index (Phi) is 4.46. The molecule has 7 nitrogen and oxygen atoms in total. The third kappa shape index (κ3) is 4.11. The molecule has 0 saturated heterocycles. The molecule has 0 atom stereocenters. The number of hydrogen-bond donors (Lipinski definition) is 2. The number of aromatic nitrogens is 4. The molecule has 0 bridgehead atoms. The third-order valence-electron chi connectivity index (χ3n) is 3.78. The van der Waals surface area contributed by atoms with Crippen LogP contribution in [0.1, 0.15) is 25.8 Å². The molecule has 0 unspecified atom stereocenters. The Bertz CT molecular complexity index is 998. The van der Waals surface area contributed by atoms with Gasteiger partial charge in [0.15, 0.2) is 5.82 Å². The summed E-state index contributed by atoms with van der Waals surface area (Å²) in [6.45, 7) is 2.96. The number of aryl methyl sites for hydroxylation is 1. The van der Waals surface area contributed by atoms with E-state index in [0.717, 1.165) is 12.1 Å². The van der Waals surface area contributed by atoms with Crippen LogP contribution in [-0.2, 0) is 18.0 Å². The van der Waals surface area contributed by atoms with Crippen LogP contribution in [0, 0.1) is 0 Å². The van der Waals surface area contributed by atoms with E-state index in [1.165, 1.54) is 29.2 Å². The minimum Gasteiger partial charge on any atom is -0.390 e. The highest BCUT2D eigenvalue weighted by Crippen LogP contribution is 2.35. The molecule has 0 aromatic carbocycles. The van der Waals surface area contributed by atoms with Gasteiger partial charge in [0.05, 0.1) is 34.4 Å². The normalized spacial score (nSPS) is 12.6. The summed E-state index contributed by atoms with van der Waals surface area (Å²) in [4.78, 5) is 12.2. The van der Waals surface area contributed by atoms with Crippen molar-refractivity contribution in [3.8, 4) is 11.3 Å². The van der Waals surface area contributed by atoms with Crippen LogP contribution in [0.25, 0.3) is 16.8 Å². The number of pyridine rings is 1. The molecule has 144 valence electrons. The van der Waals surface area contributed by atoms with Gasteiger partial charge in [0, 0.05) is 19.4 Å². The molecule has 3 heterocycles. The second kappa shape index (κ2) is 6.38. The molecule has 3 rings (SSSR count). The van der Waals surface area contributed by atoms with Crippen LogP contribution < -0.4 is 5.32 Å². The van der Waals surface area contributed by atoms with Gasteiger partial charge in [-0.2, -0.15) is 18.3 Å². The van der Waals surface area contributed by atoms with Crippen LogP contribution in [0.5, 0.6) is 0 Å². The first kappa shape index (κ1) is 18.9. The minimum absolute atomic E-state index is 0.0716. The van der Waals surface area contributed by atoms with Gasteiger partial charge in [0.1, 0.15) is 0 Å². The number of anilines is 1. The second-order valence-corrected chi connectivity index (χ2v) is 6.88. The van der Waals surface area contributed by atoms with Crippen LogP contribution in [0.2, 0.25) is 0 Å². The van der Waals surface area contributed by atoms with Crippen molar-refractivity contribution in [2.24, 2.45) is 7.05 Å². The van der Waals surface area contributed by atoms with Crippen molar-refractivity contribution >= 4 is 17.2 Å². The summed E-state index contributed by atoms with van der Waals surface area (Å²) in [5, 5.41) is 20.8. The molecule has 0 spiro atoms. The van der Waals surface area contributed by atoms with Crippen molar-refractivity contribution in [1.29, 1.82) is 0 Å². The molecule has 3 aromatic rings. The van der Waals surface area contributed by atoms with E-state index in [-0.39, 0.29) is 23.3 Å². The van der Waals surface area contributed by atoms with Crippen LogP contribution in [0.4, 0.5) is 19.0 Å². The highest BCUT2D eigenvalue weighted by Gasteiger charge is 2.32. The number of carbonyl (C=O) groups is 1. The second-order valence-electron chi connectivity index (χ2n) is 6.88. The van der Waals surface area contributed by atoms with Gasteiger partial charge in [-0.05, 0) is 32.0 Å². The molecule has 0 aliphatic carbocycles. The standard InChI is InChI=1S/C17H18F3N5O2/c1-16(2,27)9-13(26)21-15-14(11-5-6-24(3)22-11)12-8-10(17(18,19)20)4-7-25(12)23-15/h4-8,27H,9H2,1-3H3,(H,21,23,26). The van der Waals surface area contributed by atoms with Crippen molar-refractivity contribution in [3.05, 3.63) is 36.2 Å². The summed E-state index contributed by atoms with van der Waals surface area (Å²) in [6.07, 6.45) is -1.90. The average molecular weight is 381 g/mol. The average Bonchev–Trinajstić information content (AvgIpc) is 3.06. The summed E-state index contributed by atoms with van der Waals surface area (Å²) < 4.78 is 42.1. The van der Waals surface area contributed by atoms with E-state index in [0.29, 0.717) is 5.69 Å². The highest BCUT2D eigenvalue weighted by molar-refractivity contribution is 5.98. The summed E-state index contributed by atoms with van der Waals surface area (Å²) in [6, 6.07) is 3.48. The molecule has 27 heavy (non-hydrogen) atoms. The molecule has 0 fully saturated rings. The van der Waals surface area contributed by atoms with Crippen molar-refractivity contribution in [3.63, 3.8) is 0 Å². The summed E-state index contributed by atoms with van der Waals surface area (Å²) in [5.41, 5.74) is -1.28. The number of hydrogen-bond acceptors (Lipinski definition) is 4. The van der Waals surface area contributed by atoms with E-state index >= 15 is 0 Å². The zero-order valence-corrected chi connectivity index (χ0v) is 14.9. The number of halogens is 3. The lowest BCUT2D eigenvalue weighted by molar-refractivity contribution is -0.137. The van der Waals surface area contributed by atoms with E-state index in [9.17, 15) is 23.1 Å². The number of nitrogens with zero attached hydrogens (tertiary/aromatic N) is 4. The first-order valence-electron chi connectivity index (χ1n) is 8.06. The molecule has 2 N–H and O–H groups in total. The number of amides is 1. The van der Waals surface area contributed by atoms with Gasteiger partial charge < -0.3 is 10.4 Å². The predicted octanol–water partition coefficient (Wildman–Crippen LogP) is 2.85. The Balaban J connectivity index is 2.13. The Morgan fingerprint density at radius 2 is 1.93 bits per heavy atom. The summed E-state index contributed by atoms with van der Waals surface area (Å²) in [5.74, 6) is -0.443. The van der Waals surface area contributed by atoms with Gasteiger partial charge in [-0.15, -0.1) is 5.10 Å². The number of nitrogens with one attached hydrogen (secondary N) is 1. The Morgan fingerprint density at radius 3 is 2.48 bits per heavy atom. The van der Waals surface area contributed by atoms with Gasteiger partial charge in [0.25, 0.3) is 0 Å². The Morgan fingerprint density at radius 1 is 1.22 bits per heavy atom. The van der Waals surface area contributed by atoms with Crippen LogP contribution in [0.15, 0.2) is 30.6 Å². The SMILES string of the molecule is Cn1ccc(-c2c(NC(=O)CC(C)(C)O)nn3ccc(C(F)(F)F)cc23)n1. The van der Waals surface area contributed by atoms with Gasteiger partial charge in [-0.1, -0.05) is 0 Å². The van der Waals surface area contributed by atoms with Crippen LogP contribution >= 0.6 is 0 Å². The molecule has 10 heteroatoms. The van der Waals surface area contributed by atoms with Crippen LogP contribution in [0.3, 0.4) is 0 Å². The van der Waals surface area contributed by atoms with Gasteiger partial charge >= 0.3 is 6.18 Å².